The highest BCUT2D eigenvalue weighted by atomic mass is 19.1. The maximum absolute atomic E-state index is 13.1. The molecule has 0 aliphatic heterocycles. The third-order valence-corrected chi connectivity index (χ3v) is 3.80. The van der Waals surface area contributed by atoms with Crippen LogP contribution in [0.25, 0.3) is 0 Å². The Morgan fingerprint density at radius 1 is 1.13 bits per heavy atom. The van der Waals surface area contributed by atoms with Crippen LogP contribution in [0.3, 0.4) is 0 Å². The lowest BCUT2D eigenvalue weighted by Crippen LogP contribution is -2.32. The molecule has 0 spiro atoms. The number of halogens is 1. The number of rotatable bonds is 6. The van der Waals surface area contributed by atoms with Gasteiger partial charge in [-0.3, -0.25) is 4.79 Å². The van der Waals surface area contributed by atoms with Crippen molar-refractivity contribution in [2.75, 3.05) is 6.54 Å². The van der Waals surface area contributed by atoms with Gasteiger partial charge in [0.1, 0.15) is 5.82 Å². The van der Waals surface area contributed by atoms with Gasteiger partial charge in [0.2, 0.25) is 5.91 Å². The highest BCUT2D eigenvalue weighted by Gasteiger charge is 2.10. The molecule has 1 unspecified atom stereocenters. The summed E-state index contributed by atoms with van der Waals surface area (Å²) >= 11 is 0. The van der Waals surface area contributed by atoms with Gasteiger partial charge in [-0.05, 0) is 34.7 Å². The average molecular weight is 314 g/mol. The molecule has 0 radical (unpaired) electrons. The SMILES string of the molecule is CC(C)c1ccc(C(N)CNC(=O)Cc2cccc(F)c2)cc1. The fourth-order valence-corrected chi connectivity index (χ4v) is 2.36. The molecule has 4 heteroatoms. The van der Waals surface area contributed by atoms with E-state index in [1.807, 2.05) is 12.1 Å². The summed E-state index contributed by atoms with van der Waals surface area (Å²) in [6.07, 6.45) is 0.150. The second-order valence-corrected chi connectivity index (χ2v) is 6.04. The third-order valence-electron chi connectivity index (χ3n) is 3.80. The maximum atomic E-state index is 13.1. The smallest absolute Gasteiger partial charge is 0.224 e. The molecule has 2 aromatic carbocycles. The Morgan fingerprint density at radius 2 is 1.78 bits per heavy atom. The van der Waals surface area contributed by atoms with Gasteiger partial charge in [-0.15, -0.1) is 0 Å². The van der Waals surface area contributed by atoms with E-state index >= 15 is 0 Å². The first-order valence-electron chi connectivity index (χ1n) is 7.82. The summed E-state index contributed by atoms with van der Waals surface area (Å²) in [5.74, 6) is -0.0201. The van der Waals surface area contributed by atoms with Crippen molar-refractivity contribution in [2.45, 2.75) is 32.2 Å². The quantitative estimate of drug-likeness (QED) is 0.859. The van der Waals surface area contributed by atoms with Gasteiger partial charge in [0.15, 0.2) is 0 Å². The van der Waals surface area contributed by atoms with Gasteiger partial charge in [-0.25, -0.2) is 4.39 Å². The highest BCUT2D eigenvalue weighted by Crippen LogP contribution is 2.17. The van der Waals surface area contributed by atoms with Gasteiger partial charge in [-0.1, -0.05) is 50.2 Å². The van der Waals surface area contributed by atoms with Crippen molar-refractivity contribution in [3.63, 3.8) is 0 Å². The minimum atomic E-state index is -0.336. The third kappa shape index (κ3) is 5.18. The Hall–Kier alpha value is -2.20. The molecule has 1 atom stereocenters. The van der Waals surface area contributed by atoms with Crippen LogP contribution in [0.5, 0.6) is 0 Å². The van der Waals surface area contributed by atoms with Gasteiger partial charge in [-0.2, -0.15) is 0 Å². The van der Waals surface area contributed by atoms with Crippen molar-refractivity contribution in [1.82, 2.24) is 5.32 Å². The van der Waals surface area contributed by atoms with Crippen LogP contribution in [-0.2, 0) is 11.2 Å². The molecule has 0 aromatic heterocycles. The molecule has 0 aliphatic carbocycles. The number of carbonyl (C=O) groups excluding carboxylic acids is 1. The lowest BCUT2D eigenvalue weighted by molar-refractivity contribution is -0.120. The lowest BCUT2D eigenvalue weighted by Gasteiger charge is -2.14. The zero-order valence-electron chi connectivity index (χ0n) is 13.6. The number of carbonyl (C=O) groups is 1. The van der Waals surface area contributed by atoms with E-state index in [1.54, 1.807) is 12.1 Å². The summed E-state index contributed by atoms with van der Waals surface area (Å²) < 4.78 is 13.1. The standard InChI is InChI=1S/C19H23FN2O/c1-13(2)15-6-8-16(9-7-15)18(21)12-22-19(23)11-14-4-3-5-17(20)10-14/h3-10,13,18H,11-12,21H2,1-2H3,(H,22,23). The number of nitrogens with one attached hydrogen (secondary N) is 1. The maximum Gasteiger partial charge on any atom is 0.224 e. The topological polar surface area (TPSA) is 55.1 Å². The van der Waals surface area contributed by atoms with Crippen molar-refractivity contribution >= 4 is 5.91 Å². The van der Waals surface area contributed by atoms with Gasteiger partial charge >= 0.3 is 0 Å². The Labute approximate surface area is 136 Å². The zero-order valence-corrected chi connectivity index (χ0v) is 13.6. The largest absolute Gasteiger partial charge is 0.354 e. The second-order valence-electron chi connectivity index (χ2n) is 6.04. The first kappa shape index (κ1) is 17.2. The number of benzene rings is 2. The Kier molecular flexibility index (Phi) is 5.88. The predicted octanol–water partition coefficient (Wildman–Crippen LogP) is 3.31. The first-order chi connectivity index (χ1) is 11.0. The Bertz CT molecular complexity index is 653. The molecule has 2 aromatic rings. The average Bonchev–Trinajstić information content (AvgIpc) is 2.52. The van der Waals surface area contributed by atoms with Crippen molar-refractivity contribution < 1.29 is 9.18 Å². The van der Waals surface area contributed by atoms with E-state index in [9.17, 15) is 9.18 Å². The van der Waals surface area contributed by atoms with Crippen molar-refractivity contribution in [3.05, 3.63) is 71.0 Å². The molecular weight excluding hydrogens is 291 g/mol. The molecule has 3 N–H and O–H groups in total. The van der Waals surface area contributed by atoms with Crippen molar-refractivity contribution in [2.24, 2.45) is 5.73 Å². The monoisotopic (exact) mass is 314 g/mol. The summed E-state index contributed by atoms with van der Waals surface area (Å²) in [6, 6.07) is 13.9. The lowest BCUT2D eigenvalue weighted by atomic mass is 9.99. The molecule has 0 saturated heterocycles. The molecule has 0 saturated carbocycles. The van der Waals surface area contributed by atoms with Gasteiger partial charge in [0.05, 0.1) is 6.42 Å². The van der Waals surface area contributed by atoms with Crippen LogP contribution in [-0.4, -0.2) is 12.5 Å². The van der Waals surface area contributed by atoms with Gasteiger partial charge in [0, 0.05) is 12.6 Å². The first-order valence-corrected chi connectivity index (χ1v) is 7.82. The summed E-state index contributed by atoms with van der Waals surface area (Å²) in [5.41, 5.74) is 9.01. The number of hydrogen-bond donors (Lipinski definition) is 2. The van der Waals surface area contributed by atoms with E-state index in [0.717, 1.165) is 5.56 Å². The minimum absolute atomic E-state index is 0.150. The zero-order chi connectivity index (χ0) is 16.8. The molecule has 1 amide bonds. The fraction of sp³-hybridized carbons (Fsp3) is 0.316. The predicted molar refractivity (Wildman–Crippen MR) is 90.6 cm³/mol. The fourth-order valence-electron chi connectivity index (χ4n) is 2.36. The van der Waals surface area contributed by atoms with E-state index in [-0.39, 0.29) is 24.2 Å². The Morgan fingerprint density at radius 3 is 2.39 bits per heavy atom. The highest BCUT2D eigenvalue weighted by molar-refractivity contribution is 5.78. The Balaban J connectivity index is 1.85. The minimum Gasteiger partial charge on any atom is -0.354 e. The normalized spacial score (nSPS) is 12.2. The molecule has 122 valence electrons. The van der Waals surface area contributed by atoms with E-state index in [0.29, 0.717) is 18.0 Å². The van der Waals surface area contributed by atoms with Crippen LogP contribution >= 0.6 is 0 Å². The van der Waals surface area contributed by atoms with Crippen molar-refractivity contribution in [3.8, 4) is 0 Å². The van der Waals surface area contributed by atoms with Crippen LogP contribution in [0.1, 0.15) is 42.5 Å². The summed E-state index contributed by atoms with van der Waals surface area (Å²) in [5, 5.41) is 2.80. The van der Waals surface area contributed by atoms with Crippen LogP contribution in [0.2, 0.25) is 0 Å². The van der Waals surface area contributed by atoms with Gasteiger partial charge < -0.3 is 11.1 Å². The molecule has 0 bridgehead atoms. The molecule has 0 fully saturated rings. The summed E-state index contributed by atoms with van der Waals surface area (Å²) in [6.45, 7) is 4.64. The van der Waals surface area contributed by atoms with Crippen LogP contribution in [0.15, 0.2) is 48.5 Å². The number of nitrogens with two attached hydrogens (primary N) is 1. The van der Waals surface area contributed by atoms with Crippen LogP contribution in [0.4, 0.5) is 4.39 Å². The van der Waals surface area contributed by atoms with E-state index in [2.05, 4.69) is 31.3 Å². The molecule has 2 rings (SSSR count). The second kappa shape index (κ2) is 7.88. The molecule has 3 nitrogen and oxygen atoms in total. The van der Waals surface area contributed by atoms with Crippen molar-refractivity contribution in [1.29, 1.82) is 0 Å². The number of hydrogen-bond acceptors (Lipinski definition) is 2. The van der Waals surface area contributed by atoms with E-state index in [4.69, 9.17) is 5.73 Å². The summed E-state index contributed by atoms with van der Waals surface area (Å²) in [7, 11) is 0. The molecule has 0 aliphatic rings. The van der Waals surface area contributed by atoms with E-state index in [1.165, 1.54) is 17.7 Å². The summed E-state index contributed by atoms with van der Waals surface area (Å²) in [4.78, 5) is 11.9. The van der Waals surface area contributed by atoms with Crippen LogP contribution < -0.4 is 11.1 Å². The van der Waals surface area contributed by atoms with Gasteiger partial charge in [0.25, 0.3) is 0 Å². The molecule has 23 heavy (non-hydrogen) atoms. The molecule has 0 heterocycles. The molecular formula is C19H23FN2O. The van der Waals surface area contributed by atoms with Crippen LogP contribution in [0, 0.1) is 5.82 Å². The number of amides is 1. The van der Waals surface area contributed by atoms with E-state index < -0.39 is 0 Å².